The van der Waals surface area contributed by atoms with Gasteiger partial charge in [0.05, 0.1) is 0 Å². The summed E-state index contributed by atoms with van der Waals surface area (Å²) in [5.74, 6) is 0. The summed E-state index contributed by atoms with van der Waals surface area (Å²) < 4.78 is 5.10. The van der Waals surface area contributed by atoms with Gasteiger partial charge in [-0.2, -0.15) is 0 Å². The summed E-state index contributed by atoms with van der Waals surface area (Å²) in [5.41, 5.74) is 0.453. The first kappa shape index (κ1) is 18.4. The fourth-order valence-electron chi connectivity index (χ4n) is 2.07. The predicted molar refractivity (Wildman–Crippen MR) is 95.0 cm³/mol. The maximum atomic E-state index is 11.6. The van der Waals surface area contributed by atoms with Crippen LogP contribution in [0, 0.1) is 0 Å². The highest BCUT2D eigenvalue weighted by atomic mass is 32.1. The normalized spacial score (nSPS) is 14.0. The molecule has 2 aromatic rings. The number of carbonyl (C=O) groups excluding carboxylic acids is 1. The van der Waals surface area contributed by atoms with Crippen LogP contribution in [0.3, 0.4) is 0 Å². The Morgan fingerprint density at radius 3 is 2.46 bits per heavy atom. The van der Waals surface area contributed by atoms with Crippen LogP contribution in [-0.2, 0) is 4.74 Å². The summed E-state index contributed by atoms with van der Waals surface area (Å²) in [4.78, 5) is 13.2. The molecule has 1 aromatic carbocycles. The molecule has 0 bridgehead atoms. The summed E-state index contributed by atoms with van der Waals surface area (Å²) in [7, 11) is 0. The van der Waals surface area contributed by atoms with E-state index in [0.717, 1.165) is 10.4 Å². The lowest BCUT2D eigenvalue weighted by Crippen LogP contribution is -2.38. The second-order valence-corrected chi connectivity index (χ2v) is 7.58. The van der Waals surface area contributed by atoms with Gasteiger partial charge in [0.25, 0.3) is 0 Å². The maximum absolute atomic E-state index is 11.6. The number of amides is 1. The molecule has 130 valence electrons. The number of nitrogens with one attached hydrogen (secondary N) is 1. The standard InChI is InChI=1S/C18H23NO4S/c1-18(2,3)23-17(22)19-11-13(20)16(21)15-10-9-14(24-15)12-7-5-4-6-8-12/h4-10,13,16,20-21H,11H2,1-3H3,(H,19,22). The van der Waals surface area contributed by atoms with E-state index in [9.17, 15) is 15.0 Å². The smallest absolute Gasteiger partial charge is 0.407 e. The lowest BCUT2D eigenvalue weighted by atomic mass is 10.1. The molecule has 2 unspecified atom stereocenters. The van der Waals surface area contributed by atoms with Gasteiger partial charge in [-0.25, -0.2) is 4.79 Å². The summed E-state index contributed by atoms with van der Waals surface area (Å²) in [5, 5.41) is 22.8. The average Bonchev–Trinajstić information content (AvgIpc) is 3.01. The molecular weight excluding hydrogens is 326 g/mol. The molecule has 5 nitrogen and oxygen atoms in total. The second-order valence-electron chi connectivity index (χ2n) is 6.46. The first-order valence-electron chi connectivity index (χ1n) is 7.74. The third-order valence-corrected chi connectivity index (χ3v) is 4.40. The number of thiophene rings is 1. The zero-order valence-electron chi connectivity index (χ0n) is 14.0. The Hall–Kier alpha value is -1.89. The molecule has 0 fully saturated rings. The highest BCUT2D eigenvalue weighted by molar-refractivity contribution is 7.15. The molecule has 6 heteroatoms. The van der Waals surface area contributed by atoms with E-state index < -0.39 is 23.9 Å². The van der Waals surface area contributed by atoms with Gasteiger partial charge < -0.3 is 20.3 Å². The highest BCUT2D eigenvalue weighted by Gasteiger charge is 2.22. The van der Waals surface area contributed by atoms with Gasteiger partial charge in [-0.05, 0) is 38.5 Å². The fourth-order valence-corrected chi connectivity index (χ4v) is 3.13. The number of hydrogen-bond acceptors (Lipinski definition) is 5. The van der Waals surface area contributed by atoms with E-state index in [2.05, 4.69) is 5.32 Å². The zero-order chi connectivity index (χ0) is 17.7. The number of alkyl carbamates (subject to hydrolysis) is 1. The van der Waals surface area contributed by atoms with Gasteiger partial charge in [-0.15, -0.1) is 11.3 Å². The third kappa shape index (κ3) is 5.33. The van der Waals surface area contributed by atoms with Crippen LogP contribution in [0.1, 0.15) is 31.8 Å². The molecule has 0 spiro atoms. The Labute approximate surface area is 145 Å². The number of aliphatic hydroxyl groups excluding tert-OH is 2. The van der Waals surface area contributed by atoms with Crippen molar-refractivity contribution < 1.29 is 19.7 Å². The van der Waals surface area contributed by atoms with Crippen molar-refractivity contribution in [3.63, 3.8) is 0 Å². The summed E-state index contributed by atoms with van der Waals surface area (Å²) in [6.07, 6.45) is -2.80. The molecule has 1 aromatic heterocycles. The van der Waals surface area contributed by atoms with Crippen LogP contribution in [-0.4, -0.2) is 34.6 Å². The molecule has 24 heavy (non-hydrogen) atoms. The van der Waals surface area contributed by atoms with Crippen molar-refractivity contribution in [2.75, 3.05) is 6.54 Å². The summed E-state index contributed by atoms with van der Waals surface area (Å²) in [6, 6.07) is 13.5. The SMILES string of the molecule is CC(C)(C)OC(=O)NCC(O)C(O)c1ccc(-c2ccccc2)s1. The molecule has 0 saturated heterocycles. The number of benzene rings is 1. The van der Waals surface area contributed by atoms with Crippen molar-refractivity contribution in [3.8, 4) is 10.4 Å². The molecule has 0 aliphatic heterocycles. The molecule has 2 atom stereocenters. The van der Waals surface area contributed by atoms with Crippen molar-refractivity contribution in [1.29, 1.82) is 0 Å². The second kappa shape index (κ2) is 7.79. The Morgan fingerprint density at radius 2 is 1.83 bits per heavy atom. The highest BCUT2D eigenvalue weighted by Crippen LogP contribution is 2.32. The van der Waals surface area contributed by atoms with Crippen LogP contribution in [0.2, 0.25) is 0 Å². The molecule has 3 N–H and O–H groups in total. The number of hydrogen-bond donors (Lipinski definition) is 3. The zero-order valence-corrected chi connectivity index (χ0v) is 14.8. The monoisotopic (exact) mass is 349 g/mol. The van der Waals surface area contributed by atoms with Gasteiger partial charge in [-0.1, -0.05) is 30.3 Å². The topological polar surface area (TPSA) is 78.8 Å². The Bertz CT molecular complexity index is 663. The minimum atomic E-state index is -1.11. The average molecular weight is 349 g/mol. The van der Waals surface area contributed by atoms with Crippen LogP contribution in [0.25, 0.3) is 10.4 Å². The van der Waals surface area contributed by atoms with E-state index in [0.29, 0.717) is 4.88 Å². The minimum absolute atomic E-state index is 0.0886. The van der Waals surface area contributed by atoms with Crippen LogP contribution in [0.4, 0.5) is 4.79 Å². The Kier molecular flexibility index (Phi) is 5.99. The van der Waals surface area contributed by atoms with Crippen molar-refractivity contribution >= 4 is 17.4 Å². The summed E-state index contributed by atoms with van der Waals surface area (Å²) >= 11 is 1.41. The van der Waals surface area contributed by atoms with E-state index in [4.69, 9.17) is 4.74 Å². The molecule has 1 heterocycles. The Balaban J connectivity index is 1.93. The lowest BCUT2D eigenvalue weighted by Gasteiger charge is -2.21. The molecule has 0 aliphatic carbocycles. The minimum Gasteiger partial charge on any atom is -0.444 e. The van der Waals surface area contributed by atoms with Crippen LogP contribution < -0.4 is 5.32 Å². The van der Waals surface area contributed by atoms with Crippen molar-refractivity contribution in [2.45, 2.75) is 38.6 Å². The number of rotatable bonds is 5. The van der Waals surface area contributed by atoms with Gasteiger partial charge in [0.1, 0.15) is 17.8 Å². The molecule has 0 aliphatic rings. The number of aliphatic hydroxyl groups is 2. The maximum Gasteiger partial charge on any atom is 0.407 e. The first-order valence-corrected chi connectivity index (χ1v) is 8.56. The largest absolute Gasteiger partial charge is 0.444 e. The van der Waals surface area contributed by atoms with Gasteiger partial charge in [0.15, 0.2) is 0 Å². The van der Waals surface area contributed by atoms with E-state index in [1.54, 1.807) is 26.8 Å². The van der Waals surface area contributed by atoms with Crippen LogP contribution in [0.5, 0.6) is 0 Å². The molecule has 1 amide bonds. The van der Waals surface area contributed by atoms with Crippen LogP contribution >= 0.6 is 11.3 Å². The first-order chi connectivity index (χ1) is 11.3. The van der Waals surface area contributed by atoms with E-state index in [1.165, 1.54) is 11.3 Å². The lowest BCUT2D eigenvalue weighted by molar-refractivity contribution is 0.0146. The van der Waals surface area contributed by atoms with E-state index in [-0.39, 0.29) is 6.54 Å². The quantitative estimate of drug-likeness (QED) is 0.774. The summed E-state index contributed by atoms with van der Waals surface area (Å²) in [6.45, 7) is 5.19. The molecule has 0 radical (unpaired) electrons. The van der Waals surface area contributed by atoms with Gasteiger partial charge >= 0.3 is 6.09 Å². The fraction of sp³-hybridized carbons (Fsp3) is 0.389. The number of carbonyl (C=O) groups is 1. The Morgan fingerprint density at radius 1 is 1.17 bits per heavy atom. The van der Waals surface area contributed by atoms with E-state index in [1.807, 2.05) is 36.4 Å². The van der Waals surface area contributed by atoms with Gasteiger partial charge in [-0.3, -0.25) is 0 Å². The van der Waals surface area contributed by atoms with Gasteiger partial charge in [0, 0.05) is 16.3 Å². The van der Waals surface area contributed by atoms with E-state index >= 15 is 0 Å². The third-order valence-electron chi connectivity index (χ3n) is 3.20. The van der Waals surface area contributed by atoms with Crippen molar-refractivity contribution in [2.24, 2.45) is 0 Å². The molecule has 0 saturated carbocycles. The van der Waals surface area contributed by atoms with Crippen molar-refractivity contribution in [3.05, 3.63) is 47.3 Å². The number of ether oxygens (including phenoxy) is 1. The van der Waals surface area contributed by atoms with Crippen LogP contribution in [0.15, 0.2) is 42.5 Å². The van der Waals surface area contributed by atoms with Gasteiger partial charge in [0.2, 0.25) is 0 Å². The van der Waals surface area contributed by atoms with Crippen molar-refractivity contribution in [1.82, 2.24) is 5.32 Å². The predicted octanol–water partition coefficient (Wildman–Crippen LogP) is 3.33. The molecular formula is C18H23NO4S. The molecule has 2 rings (SSSR count).